The fourth-order valence-corrected chi connectivity index (χ4v) is 1.62. The highest BCUT2D eigenvalue weighted by atomic mass is 16.2. The Bertz CT molecular complexity index is 290. The molecule has 1 aromatic rings. The quantitative estimate of drug-likeness (QED) is 0.615. The van der Waals surface area contributed by atoms with Crippen molar-refractivity contribution in [2.75, 3.05) is 13.1 Å². The van der Waals surface area contributed by atoms with E-state index in [2.05, 4.69) is 20.8 Å². The number of H-pyrrole nitrogens is 1. The van der Waals surface area contributed by atoms with Crippen LogP contribution in [0.3, 0.4) is 0 Å². The molecule has 1 aromatic heterocycles. The summed E-state index contributed by atoms with van der Waals surface area (Å²) >= 11 is 0. The molecule has 2 rings (SSSR count). The SMILES string of the molecule is O=C(NC1CCCNC1)c1ccn[nH]1. The lowest BCUT2D eigenvalue weighted by atomic mass is 10.1. The van der Waals surface area contributed by atoms with Gasteiger partial charge in [-0.15, -0.1) is 0 Å². The molecule has 0 spiro atoms. The Hall–Kier alpha value is -1.36. The molecule has 1 aliphatic heterocycles. The van der Waals surface area contributed by atoms with Crippen molar-refractivity contribution in [3.63, 3.8) is 0 Å². The van der Waals surface area contributed by atoms with Gasteiger partial charge >= 0.3 is 0 Å². The summed E-state index contributed by atoms with van der Waals surface area (Å²) < 4.78 is 0. The van der Waals surface area contributed by atoms with Gasteiger partial charge in [-0.1, -0.05) is 0 Å². The Morgan fingerprint density at radius 2 is 2.57 bits per heavy atom. The summed E-state index contributed by atoms with van der Waals surface area (Å²) in [6.07, 6.45) is 3.74. The number of hydrogen-bond acceptors (Lipinski definition) is 3. The first-order valence-electron chi connectivity index (χ1n) is 4.87. The maximum atomic E-state index is 11.6. The van der Waals surface area contributed by atoms with E-state index < -0.39 is 0 Å². The molecule has 3 N–H and O–H groups in total. The molecule has 0 aromatic carbocycles. The zero-order chi connectivity index (χ0) is 9.80. The second-order valence-corrected chi connectivity index (χ2v) is 3.49. The first-order chi connectivity index (χ1) is 6.86. The first-order valence-corrected chi connectivity index (χ1v) is 4.87. The van der Waals surface area contributed by atoms with E-state index in [-0.39, 0.29) is 11.9 Å². The predicted octanol–water partition coefficient (Wildman–Crippen LogP) is -0.109. The molecule has 0 aliphatic carbocycles. The van der Waals surface area contributed by atoms with Crippen molar-refractivity contribution in [2.45, 2.75) is 18.9 Å². The number of amides is 1. The molecular weight excluding hydrogens is 180 g/mol. The maximum Gasteiger partial charge on any atom is 0.269 e. The highest BCUT2D eigenvalue weighted by molar-refractivity contribution is 5.92. The molecule has 1 atom stereocenters. The Morgan fingerprint density at radius 1 is 1.64 bits per heavy atom. The van der Waals surface area contributed by atoms with E-state index in [0.717, 1.165) is 25.9 Å². The number of aromatic amines is 1. The number of aromatic nitrogens is 2. The van der Waals surface area contributed by atoms with Gasteiger partial charge in [-0.2, -0.15) is 5.10 Å². The number of piperidine rings is 1. The van der Waals surface area contributed by atoms with Crippen molar-refractivity contribution in [3.8, 4) is 0 Å². The van der Waals surface area contributed by atoms with Gasteiger partial charge in [0.1, 0.15) is 5.69 Å². The van der Waals surface area contributed by atoms with Gasteiger partial charge in [0, 0.05) is 18.8 Å². The van der Waals surface area contributed by atoms with E-state index in [9.17, 15) is 4.79 Å². The van der Waals surface area contributed by atoms with Crippen LogP contribution in [0.5, 0.6) is 0 Å². The zero-order valence-corrected chi connectivity index (χ0v) is 7.92. The molecule has 5 nitrogen and oxygen atoms in total. The van der Waals surface area contributed by atoms with Crippen LogP contribution in [0.15, 0.2) is 12.3 Å². The molecule has 1 fully saturated rings. The molecular formula is C9H14N4O. The summed E-state index contributed by atoms with van der Waals surface area (Å²) in [6, 6.07) is 1.92. The summed E-state index contributed by atoms with van der Waals surface area (Å²) in [5.41, 5.74) is 0.524. The van der Waals surface area contributed by atoms with E-state index in [0.29, 0.717) is 5.69 Å². The molecule has 1 unspecified atom stereocenters. The van der Waals surface area contributed by atoms with E-state index in [4.69, 9.17) is 0 Å². The van der Waals surface area contributed by atoms with Crippen LogP contribution in [-0.2, 0) is 0 Å². The highest BCUT2D eigenvalue weighted by Gasteiger charge is 2.16. The summed E-state index contributed by atoms with van der Waals surface area (Å²) in [7, 11) is 0. The molecule has 76 valence electrons. The number of hydrogen-bond donors (Lipinski definition) is 3. The fraction of sp³-hybridized carbons (Fsp3) is 0.556. The number of nitrogens with zero attached hydrogens (tertiary/aromatic N) is 1. The van der Waals surface area contributed by atoms with Gasteiger partial charge in [-0.3, -0.25) is 9.89 Å². The average molecular weight is 194 g/mol. The van der Waals surface area contributed by atoms with Crippen LogP contribution >= 0.6 is 0 Å². The third-order valence-corrected chi connectivity index (χ3v) is 2.38. The van der Waals surface area contributed by atoms with Crippen LogP contribution in [0.1, 0.15) is 23.3 Å². The minimum atomic E-state index is -0.0730. The summed E-state index contributed by atoms with van der Waals surface area (Å²) in [4.78, 5) is 11.6. The van der Waals surface area contributed by atoms with Crippen molar-refractivity contribution >= 4 is 5.91 Å². The first kappa shape index (κ1) is 9.21. The van der Waals surface area contributed by atoms with E-state index in [1.165, 1.54) is 0 Å². The van der Waals surface area contributed by atoms with Gasteiger partial charge in [0.2, 0.25) is 0 Å². The lowest BCUT2D eigenvalue weighted by Gasteiger charge is -2.23. The van der Waals surface area contributed by atoms with Crippen LogP contribution in [-0.4, -0.2) is 35.2 Å². The minimum Gasteiger partial charge on any atom is -0.347 e. The standard InChI is InChI=1S/C9H14N4O/c14-9(8-3-5-11-13-8)12-7-2-1-4-10-6-7/h3,5,7,10H,1-2,4,6H2,(H,11,13)(H,12,14). The average Bonchev–Trinajstić information content (AvgIpc) is 2.72. The monoisotopic (exact) mass is 194 g/mol. The van der Waals surface area contributed by atoms with Crippen LogP contribution in [0.25, 0.3) is 0 Å². The third-order valence-electron chi connectivity index (χ3n) is 2.38. The van der Waals surface area contributed by atoms with Crippen LogP contribution < -0.4 is 10.6 Å². The maximum absolute atomic E-state index is 11.6. The summed E-state index contributed by atoms with van der Waals surface area (Å²) in [6.45, 7) is 1.91. The summed E-state index contributed by atoms with van der Waals surface area (Å²) in [5.74, 6) is -0.0730. The molecule has 5 heteroatoms. The van der Waals surface area contributed by atoms with Crippen molar-refractivity contribution in [1.29, 1.82) is 0 Å². The fourth-order valence-electron chi connectivity index (χ4n) is 1.62. The minimum absolute atomic E-state index is 0.0730. The summed E-state index contributed by atoms with van der Waals surface area (Å²) in [5, 5.41) is 12.6. The molecule has 1 saturated heterocycles. The van der Waals surface area contributed by atoms with Gasteiger partial charge in [0.05, 0.1) is 0 Å². The second-order valence-electron chi connectivity index (χ2n) is 3.49. The molecule has 1 amide bonds. The second kappa shape index (κ2) is 4.23. The number of carbonyl (C=O) groups is 1. The van der Waals surface area contributed by atoms with Crippen molar-refractivity contribution in [3.05, 3.63) is 18.0 Å². The van der Waals surface area contributed by atoms with Crippen molar-refractivity contribution in [2.24, 2.45) is 0 Å². The lowest BCUT2D eigenvalue weighted by Crippen LogP contribution is -2.45. The van der Waals surface area contributed by atoms with Gasteiger partial charge in [0.25, 0.3) is 5.91 Å². The smallest absolute Gasteiger partial charge is 0.269 e. The van der Waals surface area contributed by atoms with Crippen LogP contribution in [0.2, 0.25) is 0 Å². The largest absolute Gasteiger partial charge is 0.347 e. The van der Waals surface area contributed by atoms with Crippen molar-refractivity contribution in [1.82, 2.24) is 20.8 Å². The Kier molecular flexibility index (Phi) is 2.78. The van der Waals surface area contributed by atoms with Gasteiger partial charge < -0.3 is 10.6 Å². The molecule has 1 aliphatic rings. The lowest BCUT2D eigenvalue weighted by molar-refractivity contribution is 0.0925. The molecule has 0 bridgehead atoms. The predicted molar refractivity (Wildman–Crippen MR) is 51.9 cm³/mol. The van der Waals surface area contributed by atoms with Crippen molar-refractivity contribution < 1.29 is 4.79 Å². The third kappa shape index (κ3) is 2.11. The van der Waals surface area contributed by atoms with E-state index in [1.54, 1.807) is 12.3 Å². The van der Waals surface area contributed by atoms with Gasteiger partial charge in [0.15, 0.2) is 0 Å². The van der Waals surface area contributed by atoms with Crippen LogP contribution in [0.4, 0.5) is 0 Å². The van der Waals surface area contributed by atoms with Crippen LogP contribution in [0, 0.1) is 0 Å². The number of carbonyl (C=O) groups excluding carboxylic acids is 1. The zero-order valence-electron chi connectivity index (χ0n) is 7.92. The molecule has 14 heavy (non-hydrogen) atoms. The van der Waals surface area contributed by atoms with E-state index >= 15 is 0 Å². The molecule has 0 radical (unpaired) electrons. The van der Waals surface area contributed by atoms with Gasteiger partial charge in [-0.05, 0) is 25.5 Å². The van der Waals surface area contributed by atoms with E-state index in [1.807, 2.05) is 0 Å². The molecule has 2 heterocycles. The Labute approximate surface area is 82.3 Å². The Balaban J connectivity index is 1.87. The number of nitrogens with one attached hydrogen (secondary N) is 3. The normalized spacial score (nSPS) is 21.9. The molecule has 0 saturated carbocycles. The highest BCUT2D eigenvalue weighted by Crippen LogP contribution is 2.02. The topological polar surface area (TPSA) is 69.8 Å². The Morgan fingerprint density at radius 3 is 3.21 bits per heavy atom. The van der Waals surface area contributed by atoms with Gasteiger partial charge in [-0.25, -0.2) is 0 Å². The number of rotatable bonds is 2.